The maximum Gasteiger partial charge on any atom is 0.202 e. The average molecular weight is 555 g/mol. The minimum absolute atomic E-state index is 0.0413. The summed E-state index contributed by atoms with van der Waals surface area (Å²) in [5, 5.41) is 35.5. The number of Topliss-reactive ketones (excluding diaryl/α,β-unsaturated/α-hetero) is 2. The number of aryl methyl sites for hydroxylation is 3. The second kappa shape index (κ2) is 9.55. The number of benzene rings is 2. The van der Waals surface area contributed by atoms with Crippen molar-refractivity contribution in [1.82, 2.24) is 0 Å². The molecule has 0 radical (unpaired) electrons. The summed E-state index contributed by atoms with van der Waals surface area (Å²) in [5.41, 5.74) is 2.63. The number of rotatable bonds is 5. The Bertz CT molecular complexity index is 1570. The van der Waals surface area contributed by atoms with Gasteiger partial charge < -0.3 is 15.3 Å². The van der Waals surface area contributed by atoms with Gasteiger partial charge in [-0.2, -0.15) is 0 Å². The highest BCUT2D eigenvalue weighted by atomic mass is 16.3. The van der Waals surface area contributed by atoms with E-state index in [1.54, 1.807) is 6.92 Å². The van der Waals surface area contributed by atoms with Gasteiger partial charge in [0.15, 0.2) is 11.4 Å². The Hall–Kier alpha value is -3.44. The number of phenols is 1. The molecular weight excluding hydrogens is 512 g/mol. The lowest BCUT2D eigenvalue weighted by Crippen LogP contribution is -2.63. The summed E-state index contributed by atoms with van der Waals surface area (Å²) < 4.78 is 0. The van der Waals surface area contributed by atoms with E-state index < -0.39 is 33.8 Å². The van der Waals surface area contributed by atoms with Crippen molar-refractivity contribution in [2.24, 2.45) is 10.8 Å². The van der Waals surface area contributed by atoms with Gasteiger partial charge in [0.2, 0.25) is 5.78 Å². The van der Waals surface area contributed by atoms with Crippen LogP contribution >= 0.6 is 0 Å². The van der Waals surface area contributed by atoms with Gasteiger partial charge in [0.25, 0.3) is 0 Å². The number of hydrogen-bond donors (Lipinski definition) is 3. The molecule has 0 aromatic heterocycles. The fourth-order valence-electron chi connectivity index (χ4n) is 8.02. The number of fused-ring (bicyclic) bond motifs is 3. The number of aliphatic hydroxyl groups excluding tert-OH is 1. The molecule has 0 heterocycles. The first-order valence-electron chi connectivity index (χ1n) is 14.6. The zero-order chi connectivity index (χ0) is 30.2. The van der Waals surface area contributed by atoms with E-state index in [0.717, 1.165) is 22.3 Å². The van der Waals surface area contributed by atoms with Crippen molar-refractivity contribution >= 4 is 11.6 Å². The lowest BCUT2D eigenvalue weighted by atomic mass is 9.47. The molecule has 5 rings (SSSR count). The lowest BCUT2D eigenvalue weighted by molar-refractivity contribution is -0.156. The molecular formula is C36H42O5. The molecule has 0 amide bonds. The molecule has 2 aromatic rings. The fraction of sp³-hybridized carbons (Fsp3) is 0.444. The van der Waals surface area contributed by atoms with Crippen LogP contribution in [0.5, 0.6) is 5.75 Å². The molecule has 5 nitrogen and oxygen atoms in total. The summed E-state index contributed by atoms with van der Waals surface area (Å²) in [6.07, 6.45) is 2.39. The number of aromatic hydroxyl groups is 1. The average Bonchev–Trinajstić information content (AvgIpc) is 2.86. The molecule has 216 valence electrons. The second-order valence-corrected chi connectivity index (χ2v) is 13.6. The maximum atomic E-state index is 14.4. The molecule has 0 saturated heterocycles. The Morgan fingerprint density at radius 2 is 1.66 bits per heavy atom. The monoisotopic (exact) mass is 554 g/mol. The summed E-state index contributed by atoms with van der Waals surface area (Å²) in [5.74, 6) is -1.66. The standard InChI is InChI=1S/C36H42O5/c1-19(2)25-15-24(14-13-23-11-9-21(5)10-12-23)30(37)28-26(25)17-34(7)18-35(8)16-22(6)27(20(3)4)32(39)36(35,41)33(40)29(34)31(28)38/h9-12,15,19,37,40-41H,3,13-14,16-18H2,1-2,4-8H3/t34-,35+,36+/m1/s1. The van der Waals surface area contributed by atoms with E-state index in [1.165, 1.54) is 5.56 Å². The van der Waals surface area contributed by atoms with Gasteiger partial charge in [-0.1, -0.05) is 75.7 Å². The highest BCUT2D eigenvalue weighted by molar-refractivity contribution is 6.17. The van der Waals surface area contributed by atoms with Crippen LogP contribution < -0.4 is 0 Å². The number of allylic oxidation sites excluding steroid dienone is 3. The molecule has 3 aliphatic rings. The van der Waals surface area contributed by atoms with Crippen LogP contribution in [0.1, 0.15) is 98.5 Å². The van der Waals surface area contributed by atoms with Gasteiger partial charge in [-0.05, 0) is 86.6 Å². The van der Waals surface area contributed by atoms with E-state index in [4.69, 9.17) is 0 Å². The third-order valence-corrected chi connectivity index (χ3v) is 9.87. The number of ketones is 2. The summed E-state index contributed by atoms with van der Waals surface area (Å²) >= 11 is 0. The molecule has 0 fully saturated rings. The minimum Gasteiger partial charge on any atom is -0.508 e. The van der Waals surface area contributed by atoms with Crippen LogP contribution in [-0.2, 0) is 24.1 Å². The molecule has 0 bridgehead atoms. The van der Waals surface area contributed by atoms with Crippen molar-refractivity contribution < 1.29 is 24.9 Å². The first kappa shape index (κ1) is 29.1. The molecule has 2 aromatic carbocycles. The van der Waals surface area contributed by atoms with Crippen molar-refractivity contribution in [2.45, 2.75) is 92.1 Å². The van der Waals surface area contributed by atoms with E-state index >= 15 is 0 Å². The maximum absolute atomic E-state index is 14.4. The highest BCUT2D eigenvalue weighted by Crippen LogP contribution is 2.63. The molecule has 0 unspecified atom stereocenters. The zero-order valence-electron chi connectivity index (χ0n) is 25.4. The topological polar surface area (TPSA) is 94.8 Å². The Morgan fingerprint density at radius 1 is 1.02 bits per heavy atom. The predicted octanol–water partition coefficient (Wildman–Crippen LogP) is 7.17. The van der Waals surface area contributed by atoms with E-state index in [9.17, 15) is 24.9 Å². The van der Waals surface area contributed by atoms with Gasteiger partial charge in [0.1, 0.15) is 11.5 Å². The summed E-state index contributed by atoms with van der Waals surface area (Å²) in [6, 6.07) is 10.3. The van der Waals surface area contributed by atoms with Gasteiger partial charge in [-0.15, -0.1) is 0 Å². The minimum atomic E-state index is -2.25. The summed E-state index contributed by atoms with van der Waals surface area (Å²) in [7, 11) is 0. The molecule has 0 saturated carbocycles. The van der Waals surface area contributed by atoms with Crippen LogP contribution in [0.15, 0.2) is 65.0 Å². The van der Waals surface area contributed by atoms with Crippen LogP contribution in [0.25, 0.3) is 0 Å². The predicted molar refractivity (Wildman–Crippen MR) is 161 cm³/mol. The normalized spacial score (nSPS) is 27.6. The van der Waals surface area contributed by atoms with Gasteiger partial charge in [-0.3, -0.25) is 9.59 Å². The van der Waals surface area contributed by atoms with Gasteiger partial charge >= 0.3 is 0 Å². The number of carbonyl (C=O) groups excluding carboxylic acids is 2. The zero-order valence-corrected chi connectivity index (χ0v) is 25.4. The number of phenolic OH excluding ortho intramolecular Hbond substituents is 1. The van der Waals surface area contributed by atoms with Crippen LogP contribution in [-0.4, -0.2) is 32.5 Å². The van der Waals surface area contributed by atoms with Gasteiger partial charge in [-0.25, -0.2) is 0 Å². The molecule has 0 spiro atoms. The molecule has 5 heteroatoms. The highest BCUT2D eigenvalue weighted by Gasteiger charge is 2.66. The Labute approximate surface area is 243 Å². The third-order valence-electron chi connectivity index (χ3n) is 9.87. The van der Waals surface area contributed by atoms with Gasteiger partial charge in [0.05, 0.1) is 5.56 Å². The van der Waals surface area contributed by atoms with Gasteiger partial charge in [0, 0.05) is 22.0 Å². The van der Waals surface area contributed by atoms with Crippen molar-refractivity contribution in [3.05, 3.63) is 98.3 Å². The largest absolute Gasteiger partial charge is 0.508 e. The van der Waals surface area contributed by atoms with Crippen molar-refractivity contribution in [2.75, 3.05) is 0 Å². The van der Waals surface area contributed by atoms with Crippen LogP contribution in [0.4, 0.5) is 0 Å². The molecule has 0 aliphatic heterocycles. The Balaban J connectivity index is 1.68. The molecule has 3 N–H and O–H groups in total. The molecule has 3 atom stereocenters. The number of aliphatic hydroxyl groups is 2. The quantitative estimate of drug-likeness (QED) is 0.364. The Kier molecular flexibility index (Phi) is 6.77. The smallest absolute Gasteiger partial charge is 0.202 e. The van der Waals surface area contributed by atoms with Crippen LogP contribution in [0.3, 0.4) is 0 Å². The number of carbonyl (C=O) groups is 2. The van der Waals surface area contributed by atoms with E-state index in [0.29, 0.717) is 48.8 Å². The number of hydrogen-bond acceptors (Lipinski definition) is 5. The van der Waals surface area contributed by atoms with E-state index in [-0.39, 0.29) is 22.8 Å². The fourth-order valence-corrected chi connectivity index (χ4v) is 8.02. The summed E-state index contributed by atoms with van der Waals surface area (Å²) in [4.78, 5) is 28.3. The van der Waals surface area contributed by atoms with Crippen molar-refractivity contribution in [1.29, 1.82) is 0 Å². The first-order chi connectivity index (χ1) is 19.1. The summed E-state index contributed by atoms with van der Waals surface area (Å²) in [6.45, 7) is 17.5. The van der Waals surface area contributed by atoms with Crippen LogP contribution in [0.2, 0.25) is 0 Å². The molecule has 3 aliphatic carbocycles. The Morgan fingerprint density at radius 3 is 2.24 bits per heavy atom. The lowest BCUT2D eigenvalue weighted by Gasteiger charge is -2.56. The first-order valence-corrected chi connectivity index (χ1v) is 14.6. The molecule has 41 heavy (non-hydrogen) atoms. The SMILES string of the molecule is C=C(C)C1=C(C)C[C@@]2(C)C[C@@]3(C)Cc4c(C(C)C)cc(CCc5ccc(C)cc5)c(O)c4C(=O)C3=C(O)[C@@]2(O)C1=O. The second-order valence-electron chi connectivity index (χ2n) is 13.6. The van der Waals surface area contributed by atoms with Crippen molar-refractivity contribution in [3.8, 4) is 5.75 Å². The third kappa shape index (κ3) is 4.15. The van der Waals surface area contributed by atoms with E-state index in [2.05, 4.69) is 44.7 Å². The van der Waals surface area contributed by atoms with E-state index in [1.807, 2.05) is 33.8 Å². The van der Waals surface area contributed by atoms with Crippen molar-refractivity contribution in [3.63, 3.8) is 0 Å². The van der Waals surface area contributed by atoms with Crippen LogP contribution in [0, 0.1) is 17.8 Å².